The third kappa shape index (κ3) is 2.37. The largest absolute Gasteiger partial charge is 0.395 e. The molecule has 0 aliphatic rings. The Hall–Kier alpha value is -1.89. The average Bonchev–Trinajstić information content (AvgIpc) is 2.60. The Bertz CT molecular complexity index is 413. The molecule has 1 aromatic rings. The van der Waals surface area contributed by atoms with Crippen molar-refractivity contribution in [3.63, 3.8) is 0 Å². The second-order valence-electron chi connectivity index (χ2n) is 3.35. The van der Waals surface area contributed by atoms with Gasteiger partial charge in [0.05, 0.1) is 6.61 Å². The van der Waals surface area contributed by atoms with Crippen LogP contribution in [0.15, 0.2) is 6.07 Å². The van der Waals surface area contributed by atoms with Gasteiger partial charge >= 0.3 is 0 Å². The molecular formula is C9H14N4O3. The number of carbonyl (C=O) groups is 2. The number of aromatic nitrogens is 2. The van der Waals surface area contributed by atoms with Gasteiger partial charge in [-0.2, -0.15) is 5.10 Å². The quantitative estimate of drug-likeness (QED) is 0.658. The Morgan fingerprint density at radius 1 is 1.62 bits per heavy atom. The molecule has 88 valence electrons. The van der Waals surface area contributed by atoms with Crippen LogP contribution in [-0.2, 0) is 7.05 Å². The van der Waals surface area contributed by atoms with Crippen molar-refractivity contribution in [2.45, 2.75) is 0 Å². The first kappa shape index (κ1) is 12.2. The second-order valence-corrected chi connectivity index (χ2v) is 3.35. The van der Waals surface area contributed by atoms with Gasteiger partial charge in [0.1, 0.15) is 5.69 Å². The van der Waals surface area contributed by atoms with E-state index in [9.17, 15) is 9.59 Å². The number of nitrogens with two attached hydrogens (primary N) is 1. The highest BCUT2D eigenvalue weighted by atomic mass is 16.3. The van der Waals surface area contributed by atoms with Gasteiger partial charge < -0.3 is 15.7 Å². The highest BCUT2D eigenvalue weighted by molar-refractivity contribution is 5.97. The molecule has 0 unspecified atom stereocenters. The zero-order valence-electron chi connectivity index (χ0n) is 9.17. The van der Waals surface area contributed by atoms with Gasteiger partial charge in [0.15, 0.2) is 5.69 Å². The summed E-state index contributed by atoms with van der Waals surface area (Å²) >= 11 is 0. The maximum atomic E-state index is 11.8. The van der Waals surface area contributed by atoms with E-state index in [1.807, 2.05) is 0 Å². The van der Waals surface area contributed by atoms with Crippen molar-refractivity contribution >= 4 is 11.8 Å². The molecule has 2 amide bonds. The molecular weight excluding hydrogens is 212 g/mol. The van der Waals surface area contributed by atoms with Crippen molar-refractivity contribution < 1.29 is 14.7 Å². The number of aliphatic hydroxyl groups excluding tert-OH is 1. The van der Waals surface area contributed by atoms with Crippen molar-refractivity contribution in [1.82, 2.24) is 14.7 Å². The SMILES string of the molecule is CN(CCO)C(=O)c1cc(C(N)=O)nn1C. The first-order valence-electron chi connectivity index (χ1n) is 4.67. The number of aryl methyl sites for hydroxylation is 1. The predicted octanol–water partition coefficient (Wildman–Crippen LogP) is -1.42. The van der Waals surface area contributed by atoms with Crippen molar-refractivity contribution in [3.05, 3.63) is 17.5 Å². The summed E-state index contributed by atoms with van der Waals surface area (Å²) in [4.78, 5) is 24.0. The van der Waals surface area contributed by atoms with E-state index in [4.69, 9.17) is 10.8 Å². The Kier molecular flexibility index (Phi) is 3.62. The number of amides is 2. The normalized spacial score (nSPS) is 10.2. The molecule has 0 fully saturated rings. The van der Waals surface area contributed by atoms with Gasteiger partial charge in [-0.15, -0.1) is 0 Å². The minimum Gasteiger partial charge on any atom is -0.395 e. The lowest BCUT2D eigenvalue weighted by atomic mass is 10.3. The number of hydrogen-bond acceptors (Lipinski definition) is 4. The van der Waals surface area contributed by atoms with E-state index in [2.05, 4.69) is 5.10 Å². The summed E-state index contributed by atoms with van der Waals surface area (Å²) in [6.07, 6.45) is 0. The molecule has 0 bridgehead atoms. The zero-order chi connectivity index (χ0) is 12.3. The highest BCUT2D eigenvalue weighted by Gasteiger charge is 2.18. The molecule has 0 saturated heterocycles. The average molecular weight is 226 g/mol. The molecule has 0 spiro atoms. The number of primary amides is 1. The van der Waals surface area contributed by atoms with Crippen LogP contribution in [0.1, 0.15) is 21.0 Å². The minimum atomic E-state index is -0.681. The van der Waals surface area contributed by atoms with Gasteiger partial charge in [0, 0.05) is 26.7 Å². The van der Waals surface area contributed by atoms with Crippen LogP contribution >= 0.6 is 0 Å². The van der Waals surface area contributed by atoms with Crippen LogP contribution in [0.5, 0.6) is 0 Å². The van der Waals surface area contributed by atoms with E-state index in [1.54, 1.807) is 14.1 Å². The number of nitrogens with zero attached hydrogens (tertiary/aromatic N) is 3. The Morgan fingerprint density at radius 2 is 2.25 bits per heavy atom. The molecule has 0 atom stereocenters. The number of hydrogen-bond donors (Lipinski definition) is 2. The van der Waals surface area contributed by atoms with Crippen molar-refractivity contribution in [3.8, 4) is 0 Å². The maximum absolute atomic E-state index is 11.8. The smallest absolute Gasteiger partial charge is 0.271 e. The zero-order valence-corrected chi connectivity index (χ0v) is 9.17. The summed E-state index contributed by atoms with van der Waals surface area (Å²) in [6.45, 7) is 0.0959. The van der Waals surface area contributed by atoms with Gasteiger partial charge in [-0.25, -0.2) is 0 Å². The Balaban J connectivity index is 2.95. The molecule has 0 aliphatic heterocycles. The summed E-state index contributed by atoms with van der Waals surface area (Å²) in [6, 6.07) is 1.33. The molecule has 0 radical (unpaired) electrons. The van der Waals surface area contributed by atoms with Gasteiger partial charge in [0.2, 0.25) is 0 Å². The van der Waals surface area contributed by atoms with Crippen molar-refractivity contribution in [1.29, 1.82) is 0 Å². The van der Waals surface area contributed by atoms with E-state index in [0.29, 0.717) is 0 Å². The maximum Gasteiger partial charge on any atom is 0.271 e. The number of carbonyl (C=O) groups excluding carboxylic acids is 2. The van der Waals surface area contributed by atoms with Crippen LogP contribution in [0.25, 0.3) is 0 Å². The number of likely N-dealkylation sites (N-methyl/N-ethyl adjacent to an activating group) is 1. The van der Waals surface area contributed by atoms with Gasteiger partial charge in [-0.3, -0.25) is 14.3 Å². The lowest BCUT2D eigenvalue weighted by Crippen LogP contribution is -2.30. The van der Waals surface area contributed by atoms with E-state index in [-0.39, 0.29) is 30.4 Å². The Morgan fingerprint density at radius 3 is 2.69 bits per heavy atom. The van der Waals surface area contributed by atoms with E-state index < -0.39 is 5.91 Å². The molecule has 7 nitrogen and oxygen atoms in total. The van der Waals surface area contributed by atoms with Crippen LogP contribution < -0.4 is 5.73 Å². The molecule has 0 saturated carbocycles. The summed E-state index contributed by atoms with van der Waals surface area (Å²) in [5, 5.41) is 12.5. The molecule has 0 aliphatic carbocycles. The fourth-order valence-electron chi connectivity index (χ4n) is 1.23. The van der Waals surface area contributed by atoms with Crippen LogP contribution in [-0.4, -0.2) is 51.8 Å². The van der Waals surface area contributed by atoms with Crippen LogP contribution in [0.2, 0.25) is 0 Å². The standard InChI is InChI=1S/C9H14N4O3/c1-12(3-4-14)9(16)7-5-6(8(10)15)11-13(7)2/h5,14H,3-4H2,1-2H3,(H2,10,15). The Labute approximate surface area is 92.4 Å². The molecule has 1 rings (SSSR count). The number of rotatable bonds is 4. The van der Waals surface area contributed by atoms with Crippen LogP contribution in [0.4, 0.5) is 0 Å². The number of aliphatic hydroxyl groups is 1. The molecule has 16 heavy (non-hydrogen) atoms. The minimum absolute atomic E-state index is 0.0447. The van der Waals surface area contributed by atoms with E-state index >= 15 is 0 Å². The second kappa shape index (κ2) is 4.75. The van der Waals surface area contributed by atoms with Gasteiger partial charge in [-0.1, -0.05) is 0 Å². The summed E-state index contributed by atoms with van der Waals surface area (Å²) in [5.74, 6) is -1.00. The van der Waals surface area contributed by atoms with Crippen LogP contribution in [0, 0.1) is 0 Å². The van der Waals surface area contributed by atoms with Crippen LogP contribution in [0.3, 0.4) is 0 Å². The lowest BCUT2D eigenvalue weighted by Gasteiger charge is -2.14. The lowest BCUT2D eigenvalue weighted by molar-refractivity contribution is 0.0756. The van der Waals surface area contributed by atoms with Crippen molar-refractivity contribution in [2.75, 3.05) is 20.2 Å². The molecule has 3 N–H and O–H groups in total. The third-order valence-electron chi connectivity index (χ3n) is 2.13. The fraction of sp³-hybridized carbons (Fsp3) is 0.444. The van der Waals surface area contributed by atoms with E-state index in [1.165, 1.54) is 15.6 Å². The molecule has 1 heterocycles. The summed E-state index contributed by atoms with van der Waals surface area (Å²) in [7, 11) is 3.10. The first-order valence-corrected chi connectivity index (χ1v) is 4.67. The van der Waals surface area contributed by atoms with Gasteiger partial charge in [-0.05, 0) is 0 Å². The molecule has 7 heteroatoms. The summed E-state index contributed by atoms with van der Waals surface area (Å²) in [5.41, 5.74) is 5.35. The first-order chi connectivity index (χ1) is 7.47. The van der Waals surface area contributed by atoms with E-state index in [0.717, 1.165) is 0 Å². The predicted molar refractivity (Wildman–Crippen MR) is 55.8 cm³/mol. The summed E-state index contributed by atoms with van der Waals surface area (Å²) < 4.78 is 1.29. The molecule has 1 aromatic heterocycles. The topological polar surface area (TPSA) is 101 Å². The van der Waals surface area contributed by atoms with Crippen molar-refractivity contribution in [2.24, 2.45) is 12.8 Å². The highest BCUT2D eigenvalue weighted by Crippen LogP contribution is 2.05. The van der Waals surface area contributed by atoms with Gasteiger partial charge in [0.25, 0.3) is 11.8 Å². The third-order valence-corrected chi connectivity index (χ3v) is 2.13. The molecule has 0 aromatic carbocycles. The fourth-order valence-corrected chi connectivity index (χ4v) is 1.23. The monoisotopic (exact) mass is 226 g/mol.